The number of nitrogens with zero attached hydrogens (tertiary/aromatic N) is 4. The minimum atomic E-state index is -1.12. The van der Waals surface area contributed by atoms with Gasteiger partial charge in [0.2, 0.25) is 5.95 Å². The number of rotatable bonds is 2. The summed E-state index contributed by atoms with van der Waals surface area (Å²) in [5, 5.41) is 14.5. The molecular weight excluding hydrogens is 294 g/mol. The van der Waals surface area contributed by atoms with Crippen molar-refractivity contribution in [3.05, 3.63) is 54.2 Å². The van der Waals surface area contributed by atoms with Crippen LogP contribution in [0.5, 0.6) is 0 Å². The van der Waals surface area contributed by atoms with Crippen LogP contribution in [0.1, 0.15) is 10.5 Å². The van der Waals surface area contributed by atoms with Crippen LogP contribution >= 0.6 is 0 Å². The Balaban J connectivity index is 2.03. The summed E-state index contributed by atoms with van der Waals surface area (Å²) >= 11 is 0. The molecule has 0 saturated heterocycles. The number of anilines is 1. The van der Waals surface area contributed by atoms with Crippen molar-refractivity contribution in [2.75, 3.05) is 5.73 Å². The monoisotopic (exact) mass is 305 g/mol. The number of hydrogen-bond acceptors (Lipinski definition) is 5. The highest BCUT2D eigenvalue weighted by Crippen LogP contribution is 2.25. The van der Waals surface area contributed by atoms with E-state index in [9.17, 15) is 9.90 Å². The first-order valence-electron chi connectivity index (χ1n) is 6.88. The summed E-state index contributed by atoms with van der Waals surface area (Å²) in [4.78, 5) is 20.3. The van der Waals surface area contributed by atoms with Crippen LogP contribution in [-0.4, -0.2) is 30.7 Å². The van der Waals surface area contributed by atoms with Gasteiger partial charge in [-0.05, 0) is 24.3 Å². The minimum Gasteiger partial charge on any atom is -0.476 e. The lowest BCUT2D eigenvalue weighted by Gasteiger charge is -2.08. The van der Waals surface area contributed by atoms with E-state index in [4.69, 9.17) is 5.73 Å². The van der Waals surface area contributed by atoms with Gasteiger partial charge in [-0.2, -0.15) is 4.98 Å². The second kappa shape index (κ2) is 4.77. The average Bonchev–Trinajstić information content (AvgIpc) is 2.93. The molecule has 0 radical (unpaired) electrons. The molecular formula is C16H11N5O2. The van der Waals surface area contributed by atoms with Crippen LogP contribution in [-0.2, 0) is 0 Å². The molecule has 4 aromatic rings. The maximum atomic E-state index is 11.7. The Labute approximate surface area is 130 Å². The fourth-order valence-corrected chi connectivity index (χ4v) is 2.59. The molecule has 112 valence electrons. The van der Waals surface area contributed by atoms with Gasteiger partial charge in [-0.15, -0.1) is 5.10 Å². The molecule has 0 amide bonds. The number of nitrogen functional groups attached to an aromatic ring is 1. The predicted molar refractivity (Wildman–Crippen MR) is 85.1 cm³/mol. The number of hydrogen-bond donors (Lipinski definition) is 2. The molecule has 0 aliphatic rings. The third-order valence-electron chi connectivity index (χ3n) is 3.59. The second-order valence-corrected chi connectivity index (χ2v) is 5.03. The second-order valence-electron chi connectivity index (χ2n) is 5.03. The minimum absolute atomic E-state index is 0.0190. The van der Waals surface area contributed by atoms with Gasteiger partial charge >= 0.3 is 5.97 Å². The van der Waals surface area contributed by atoms with Crippen molar-refractivity contribution in [2.45, 2.75) is 0 Å². The number of nitrogens with two attached hydrogens (primary N) is 1. The summed E-state index contributed by atoms with van der Waals surface area (Å²) in [7, 11) is 0. The molecule has 0 spiro atoms. The number of aromatic nitrogens is 4. The van der Waals surface area contributed by atoms with Gasteiger partial charge < -0.3 is 10.8 Å². The standard InChI is InChI=1S/C16H11N5O2/c17-16-19-13-8-6-10(14(15(22)23)21(13)20-16)12-7-5-9-3-1-2-4-11(9)18-12/h1-8H,(H2,17,20)(H,22,23). The SMILES string of the molecule is Nc1nc2ccc(-c3ccc4ccccc4n3)c(C(=O)O)n2n1. The van der Waals surface area contributed by atoms with Gasteiger partial charge in [0.15, 0.2) is 11.3 Å². The summed E-state index contributed by atoms with van der Waals surface area (Å²) in [6.45, 7) is 0. The first kappa shape index (κ1) is 13.2. The predicted octanol–water partition coefficient (Wildman–Crippen LogP) is 2.22. The topological polar surface area (TPSA) is 106 Å². The molecule has 1 aromatic carbocycles. The third kappa shape index (κ3) is 2.06. The molecule has 7 nitrogen and oxygen atoms in total. The van der Waals surface area contributed by atoms with E-state index in [0.29, 0.717) is 16.9 Å². The fourth-order valence-electron chi connectivity index (χ4n) is 2.59. The molecule has 4 rings (SSSR count). The van der Waals surface area contributed by atoms with E-state index in [-0.39, 0.29) is 11.6 Å². The van der Waals surface area contributed by atoms with Crippen LogP contribution in [0.2, 0.25) is 0 Å². The summed E-state index contributed by atoms with van der Waals surface area (Å²) in [5.74, 6) is -1.10. The Morgan fingerprint density at radius 2 is 1.87 bits per heavy atom. The molecule has 0 fully saturated rings. The summed E-state index contributed by atoms with van der Waals surface area (Å²) in [6, 6.07) is 14.7. The van der Waals surface area contributed by atoms with E-state index < -0.39 is 5.97 Å². The number of para-hydroxylation sites is 1. The van der Waals surface area contributed by atoms with Crippen LogP contribution in [0.25, 0.3) is 27.8 Å². The quantitative estimate of drug-likeness (QED) is 0.588. The van der Waals surface area contributed by atoms with Gasteiger partial charge in [0.05, 0.1) is 11.2 Å². The van der Waals surface area contributed by atoms with Crippen molar-refractivity contribution >= 4 is 28.5 Å². The van der Waals surface area contributed by atoms with E-state index in [1.54, 1.807) is 18.2 Å². The molecule has 3 heterocycles. The lowest BCUT2D eigenvalue weighted by Crippen LogP contribution is -2.09. The Morgan fingerprint density at radius 1 is 1.04 bits per heavy atom. The van der Waals surface area contributed by atoms with Crippen molar-refractivity contribution in [3.63, 3.8) is 0 Å². The zero-order valence-electron chi connectivity index (χ0n) is 11.8. The van der Waals surface area contributed by atoms with E-state index in [1.165, 1.54) is 4.52 Å². The largest absolute Gasteiger partial charge is 0.476 e. The van der Waals surface area contributed by atoms with Gasteiger partial charge in [-0.3, -0.25) is 0 Å². The van der Waals surface area contributed by atoms with Crippen LogP contribution in [0, 0.1) is 0 Å². The van der Waals surface area contributed by atoms with Crippen LogP contribution in [0.4, 0.5) is 5.95 Å². The molecule has 0 bridgehead atoms. The molecule has 0 aliphatic carbocycles. The van der Waals surface area contributed by atoms with Crippen molar-refractivity contribution < 1.29 is 9.90 Å². The molecule has 0 atom stereocenters. The number of aromatic carboxylic acids is 1. The summed E-state index contributed by atoms with van der Waals surface area (Å²) < 4.78 is 1.23. The zero-order chi connectivity index (χ0) is 16.0. The van der Waals surface area contributed by atoms with Gasteiger partial charge in [0.1, 0.15) is 0 Å². The maximum absolute atomic E-state index is 11.7. The summed E-state index contributed by atoms with van der Waals surface area (Å²) in [5.41, 5.74) is 7.73. The van der Waals surface area contributed by atoms with E-state index >= 15 is 0 Å². The molecule has 0 saturated carbocycles. The molecule has 0 unspecified atom stereocenters. The van der Waals surface area contributed by atoms with Crippen molar-refractivity contribution in [2.24, 2.45) is 0 Å². The third-order valence-corrected chi connectivity index (χ3v) is 3.59. The first-order valence-corrected chi connectivity index (χ1v) is 6.88. The average molecular weight is 305 g/mol. The number of carboxylic acid groups (broad SMARTS) is 1. The van der Waals surface area contributed by atoms with E-state index in [0.717, 1.165) is 10.9 Å². The number of pyridine rings is 2. The number of fused-ring (bicyclic) bond motifs is 2. The Hall–Kier alpha value is -3.48. The number of benzene rings is 1. The van der Waals surface area contributed by atoms with Gasteiger partial charge in [-0.25, -0.2) is 14.3 Å². The highest BCUT2D eigenvalue weighted by Gasteiger charge is 2.19. The normalized spacial score (nSPS) is 11.1. The van der Waals surface area contributed by atoms with Crippen molar-refractivity contribution in [1.29, 1.82) is 0 Å². The highest BCUT2D eigenvalue weighted by atomic mass is 16.4. The van der Waals surface area contributed by atoms with Crippen molar-refractivity contribution in [3.8, 4) is 11.3 Å². The van der Waals surface area contributed by atoms with E-state index in [2.05, 4.69) is 15.1 Å². The van der Waals surface area contributed by atoms with Gasteiger partial charge in [-0.1, -0.05) is 24.3 Å². The fraction of sp³-hybridized carbons (Fsp3) is 0. The Bertz CT molecular complexity index is 1070. The van der Waals surface area contributed by atoms with E-state index in [1.807, 2.05) is 30.3 Å². The summed E-state index contributed by atoms with van der Waals surface area (Å²) in [6.07, 6.45) is 0. The molecule has 0 aliphatic heterocycles. The molecule has 3 N–H and O–H groups in total. The lowest BCUT2D eigenvalue weighted by atomic mass is 10.1. The Morgan fingerprint density at radius 3 is 2.70 bits per heavy atom. The molecule has 3 aromatic heterocycles. The Kier molecular flexibility index (Phi) is 2.74. The van der Waals surface area contributed by atoms with Crippen LogP contribution in [0.15, 0.2) is 48.5 Å². The number of carboxylic acids is 1. The van der Waals surface area contributed by atoms with Gasteiger partial charge in [0, 0.05) is 10.9 Å². The van der Waals surface area contributed by atoms with Gasteiger partial charge in [0.25, 0.3) is 0 Å². The zero-order valence-corrected chi connectivity index (χ0v) is 11.8. The molecule has 23 heavy (non-hydrogen) atoms. The highest BCUT2D eigenvalue weighted by molar-refractivity contribution is 5.95. The van der Waals surface area contributed by atoms with Crippen molar-refractivity contribution in [1.82, 2.24) is 19.6 Å². The van der Waals surface area contributed by atoms with Crippen LogP contribution in [0.3, 0.4) is 0 Å². The number of carbonyl (C=O) groups is 1. The lowest BCUT2D eigenvalue weighted by molar-refractivity contribution is 0.0688. The maximum Gasteiger partial charge on any atom is 0.355 e. The smallest absolute Gasteiger partial charge is 0.355 e. The first-order chi connectivity index (χ1) is 11.1. The van der Waals surface area contributed by atoms with Crippen LogP contribution < -0.4 is 5.73 Å². The molecule has 7 heteroatoms.